The van der Waals surface area contributed by atoms with E-state index in [9.17, 15) is 8.42 Å². The first-order valence-corrected chi connectivity index (χ1v) is 11.3. The summed E-state index contributed by atoms with van der Waals surface area (Å²) in [6.45, 7) is 7.29. The molecule has 2 N–H and O–H groups in total. The summed E-state index contributed by atoms with van der Waals surface area (Å²) in [4.78, 5) is 8.40. The van der Waals surface area contributed by atoms with Crippen LogP contribution in [0.4, 0.5) is 5.69 Å². The lowest BCUT2D eigenvalue weighted by molar-refractivity contribution is 0.379. The number of nitrogens with zero attached hydrogens (tertiary/aromatic N) is 3. The number of aromatic nitrogens is 1. The molecular weight excluding hydrogens is 390 g/mol. The van der Waals surface area contributed by atoms with Gasteiger partial charge in [-0.15, -0.1) is 0 Å². The molecule has 1 aliphatic rings. The van der Waals surface area contributed by atoms with Gasteiger partial charge in [-0.1, -0.05) is 39.0 Å². The Bertz CT molecular complexity index is 976. The molecule has 1 aromatic heterocycles. The summed E-state index contributed by atoms with van der Waals surface area (Å²) in [5.41, 5.74) is 1.75. The minimum atomic E-state index is -3.40. The maximum absolute atomic E-state index is 12.7. The molecule has 0 atom stereocenters. The summed E-state index contributed by atoms with van der Waals surface area (Å²) in [7, 11) is -1.76. The number of nitrogens with one attached hydrogen (secondary N) is 2. The highest BCUT2D eigenvalue weighted by molar-refractivity contribution is 7.92. The maximum atomic E-state index is 12.7. The Hall–Kier alpha value is -2.55. The van der Waals surface area contributed by atoms with E-state index in [1.807, 2.05) is 24.3 Å². The van der Waals surface area contributed by atoms with Gasteiger partial charge >= 0.3 is 0 Å². The fraction of sp³-hybridized carbons (Fsp3) is 0.500. The molecule has 0 unspecified atom stereocenters. The maximum Gasteiger partial charge on any atom is 0.236 e. The van der Waals surface area contributed by atoms with Gasteiger partial charge in [-0.3, -0.25) is 9.30 Å². The van der Waals surface area contributed by atoms with E-state index in [0.717, 1.165) is 23.4 Å². The Morgan fingerprint density at radius 1 is 1.28 bits per heavy atom. The SMILES string of the molecule is CN=C(NCCS(=O)(=O)N1CCc2ccccc21)NCc1ncc(C(C)(C)C)o1. The molecule has 2 aromatic rings. The molecular formula is C20H29N5O3S. The van der Waals surface area contributed by atoms with E-state index in [1.165, 1.54) is 4.31 Å². The van der Waals surface area contributed by atoms with Crippen molar-refractivity contribution in [3.8, 4) is 0 Å². The third-order valence-electron chi connectivity index (χ3n) is 4.76. The van der Waals surface area contributed by atoms with E-state index in [4.69, 9.17) is 4.42 Å². The molecule has 0 radical (unpaired) electrons. The largest absolute Gasteiger partial charge is 0.443 e. The molecule has 0 amide bonds. The van der Waals surface area contributed by atoms with Crippen molar-refractivity contribution >= 4 is 21.7 Å². The molecule has 0 bridgehead atoms. The van der Waals surface area contributed by atoms with E-state index in [2.05, 4.69) is 41.4 Å². The number of oxazole rings is 1. The van der Waals surface area contributed by atoms with Crippen LogP contribution in [0.5, 0.6) is 0 Å². The third-order valence-corrected chi connectivity index (χ3v) is 6.53. The van der Waals surface area contributed by atoms with Crippen LogP contribution in [0.25, 0.3) is 0 Å². The molecule has 9 heteroatoms. The molecule has 29 heavy (non-hydrogen) atoms. The normalized spacial score (nSPS) is 14.8. The highest BCUT2D eigenvalue weighted by Gasteiger charge is 2.28. The standard InChI is InChI=1S/C20H29N5O3S/c1-20(2,3)17-13-23-18(28-17)14-24-19(21-4)22-10-12-29(26,27)25-11-9-15-7-5-6-8-16(15)25/h5-8,13H,9-12,14H2,1-4H3,(H2,21,22,24). The van der Waals surface area contributed by atoms with Crippen molar-refractivity contribution in [1.29, 1.82) is 0 Å². The number of rotatable bonds is 6. The number of hydrogen-bond donors (Lipinski definition) is 2. The van der Waals surface area contributed by atoms with Gasteiger partial charge in [0.15, 0.2) is 5.96 Å². The molecule has 3 rings (SSSR count). The van der Waals surface area contributed by atoms with E-state index in [1.54, 1.807) is 13.2 Å². The monoisotopic (exact) mass is 419 g/mol. The molecule has 1 aliphatic heterocycles. The number of fused-ring (bicyclic) bond motifs is 1. The molecule has 0 saturated carbocycles. The van der Waals surface area contributed by atoms with Gasteiger partial charge < -0.3 is 15.1 Å². The lowest BCUT2D eigenvalue weighted by atomic mass is 9.94. The second-order valence-corrected chi connectivity index (χ2v) is 10.0. The van der Waals surface area contributed by atoms with Gasteiger partial charge in [0.25, 0.3) is 0 Å². The van der Waals surface area contributed by atoms with Gasteiger partial charge in [-0.2, -0.15) is 0 Å². The predicted molar refractivity (Wildman–Crippen MR) is 115 cm³/mol. The number of benzene rings is 1. The number of para-hydroxylation sites is 1. The lowest BCUT2D eigenvalue weighted by Gasteiger charge is -2.20. The summed E-state index contributed by atoms with van der Waals surface area (Å²) in [6, 6.07) is 7.63. The van der Waals surface area contributed by atoms with Crippen LogP contribution in [-0.4, -0.2) is 45.3 Å². The fourth-order valence-corrected chi connectivity index (χ4v) is 4.55. The van der Waals surface area contributed by atoms with Gasteiger partial charge in [0.1, 0.15) is 5.76 Å². The van der Waals surface area contributed by atoms with E-state index in [0.29, 0.717) is 24.9 Å². The Morgan fingerprint density at radius 2 is 2.03 bits per heavy atom. The van der Waals surface area contributed by atoms with Crippen molar-refractivity contribution in [3.05, 3.63) is 47.7 Å². The third kappa shape index (κ3) is 5.09. The Balaban J connectivity index is 1.50. The van der Waals surface area contributed by atoms with Crippen LogP contribution in [0.3, 0.4) is 0 Å². The van der Waals surface area contributed by atoms with Crippen molar-refractivity contribution in [1.82, 2.24) is 15.6 Å². The molecule has 8 nitrogen and oxygen atoms in total. The van der Waals surface area contributed by atoms with Gasteiger partial charge in [-0.25, -0.2) is 13.4 Å². The average Bonchev–Trinajstić information content (AvgIpc) is 3.31. The first-order valence-electron chi connectivity index (χ1n) is 9.69. The number of guanidine groups is 1. The number of aliphatic imine (C=N–C) groups is 1. The number of hydrogen-bond acceptors (Lipinski definition) is 5. The second-order valence-electron chi connectivity index (χ2n) is 7.99. The predicted octanol–water partition coefficient (Wildman–Crippen LogP) is 2.03. The van der Waals surface area contributed by atoms with E-state index >= 15 is 0 Å². The zero-order valence-electron chi connectivity index (χ0n) is 17.4. The van der Waals surface area contributed by atoms with Crippen LogP contribution >= 0.6 is 0 Å². The highest BCUT2D eigenvalue weighted by Crippen LogP contribution is 2.29. The summed E-state index contributed by atoms with van der Waals surface area (Å²) in [5.74, 6) is 1.85. The van der Waals surface area contributed by atoms with Crippen LogP contribution in [0, 0.1) is 0 Å². The Labute approximate surface area is 172 Å². The van der Waals surface area contributed by atoms with E-state index in [-0.39, 0.29) is 17.7 Å². The average molecular weight is 420 g/mol. The summed E-state index contributed by atoms with van der Waals surface area (Å²) in [5, 5.41) is 6.14. The zero-order valence-corrected chi connectivity index (χ0v) is 18.2. The van der Waals surface area contributed by atoms with E-state index < -0.39 is 10.0 Å². The second kappa shape index (κ2) is 8.44. The molecule has 0 fully saturated rings. The topological polar surface area (TPSA) is 99.8 Å². The molecule has 0 saturated heterocycles. The molecule has 2 heterocycles. The van der Waals surface area contributed by atoms with Crippen molar-refractivity contribution in [2.45, 2.75) is 39.2 Å². The summed E-state index contributed by atoms with van der Waals surface area (Å²) in [6.07, 6.45) is 2.48. The molecule has 158 valence electrons. The molecule has 0 aliphatic carbocycles. The van der Waals surface area contributed by atoms with Gasteiger partial charge in [0, 0.05) is 25.6 Å². The van der Waals surface area contributed by atoms with Crippen LogP contribution in [0.2, 0.25) is 0 Å². The van der Waals surface area contributed by atoms with Crippen LogP contribution < -0.4 is 14.9 Å². The molecule has 1 aromatic carbocycles. The number of anilines is 1. The smallest absolute Gasteiger partial charge is 0.236 e. The van der Waals surface area contributed by atoms with Crippen LogP contribution in [0.1, 0.15) is 38.0 Å². The summed E-state index contributed by atoms with van der Waals surface area (Å²) >= 11 is 0. The van der Waals surface area contributed by atoms with Crippen molar-refractivity contribution in [2.24, 2.45) is 4.99 Å². The summed E-state index contributed by atoms with van der Waals surface area (Å²) < 4.78 is 32.7. The van der Waals surface area contributed by atoms with Crippen LogP contribution in [-0.2, 0) is 28.4 Å². The minimum absolute atomic E-state index is 0.0186. The van der Waals surface area contributed by atoms with Gasteiger partial charge in [0.2, 0.25) is 15.9 Å². The highest BCUT2D eigenvalue weighted by atomic mass is 32.2. The Morgan fingerprint density at radius 3 is 2.72 bits per heavy atom. The molecule has 0 spiro atoms. The number of sulfonamides is 1. The quantitative estimate of drug-likeness (QED) is 0.549. The minimum Gasteiger partial charge on any atom is -0.443 e. The Kier molecular flexibility index (Phi) is 6.16. The van der Waals surface area contributed by atoms with Crippen molar-refractivity contribution < 1.29 is 12.8 Å². The first-order chi connectivity index (χ1) is 13.7. The van der Waals surface area contributed by atoms with Crippen molar-refractivity contribution in [3.63, 3.8) is 0 Å². The fourth-order valence-electron chi connectivity index (χ4n) is 3.12. The van der Waals surface area contributed by atoms with Gasteiger partial charge in [0.05, 0.1) is 24.2 Å². The van der Waals surface area contributed by atoms with Crippen LogP contribution in [0.15, 0.2) is 39.9 Å². The van der Waals surface area contributed by atoms with Gasteiger partial charge in [-0.05, 0) is 18.1 Å². The first kappa shape index (κ1) is 21.2. The lowest BCUT2D eigenvalue weighted by Crippen LogP contribution is -2.41. The van der Waals surface area contributed by atoms with Crippen molar-refractivity contribution in [2.75, 3.05) is 30.2 Å². The zero-order chi connectivity index (χ0) is 21.1.